The Morgan fingerprint density at radius 3 is 1.56 bits per heavy atom. The quantitative estimate of drug-likeness (QED) is 0.160. The van der Waals surface area contributed by atoms with Gasteiger partial charge in [0.05, 0.1) is 27.8 Å². The van der Waals surface area contributed by atoms with Gasteiger partial charge in [-0.1, -0.05) is 164 Å². The Kier molecular flexibility index (Phi) is 8.55. The van der Waals surface area contributed by atoms with Gasteiger partial charge in [-0.2, -0.15) is 0 Å². The molecule has 4 nitrogen and oxygen atoms in total. The minimum atomic E-state index is 0.829. The molecule has 0 amide bonds. The summed E-state index contributed by atoms with van der Waals surface area (Å²) in [6.45, 7) is 0. The van der Waals surface area contributed by atoms with Gasteiger partial charge in [-0.25, -0.2) is 0 Å². The molecule has 0 bridgehead atoms. The van der Waals surface area contributed by atoms with Crippen LogP contribution in [0, 0.1) is 0 Å². The molecule has 14 aromatic rings. The molecule has 3 heterocycles. The number of benzene rings is 11. The number of anilines is 3. The molecule has 68 heavy (non-hydrogen) atoms. The first-order valence-corrected chi connectivity index (χ1v) is 23.3. The van der Waals surface area contributed by atoms with Gasteiger partial charge < -0.3 is 18.5 Å². The molecule has 0 aliphatic carbocycles. The van der Waals surface area contributed by atoms with Gasteiger partial charge >= 0.3 is 0 Å². The number of para-hydroxylation sites is 6. The fourth-order valence-corrected chi connectivity index (χ4v) is 10.9. The van der Waals surface area contributed by atoms with E-state index in [-0.39, 0.29) is 0 Å². The number of hydrogen-bond donors (Lipinski definition) is 0. The van der Waals surface area contributed by atoms with Crippen LogP contribution in [0.5, 0.6) is 0 Å². The zero-order chi connectivity index (χ0) is 44.7. The molecular formula is C64H41N3O. The van der Waals surface area contributed by atoms with E-state index in [4.69, 9.17) is 4.42 Å². The third kappa shape index (κ3) is 5.87. The Labute approximate surface area is 392 Å². The monoisotopic (exact) mass is 867 g/mol. The second kappa shape index (κ2) is 15.2. The van der Waals surface area contributed by atoms with E-state index in [1.807, 2.05) is 0 Å². The minimum Gasteiger partial charge on any atom is -0.454 e. The zero-order valence-corrected chi connectivity index (χ0v) is 36.9. The van der Waals surface area contributed by atoms with Crippen LogP contribution in [-0.2, 0) is 0 Å². The van der Waals surface area contributed by atoms with Gasteiger partial charge in [-0.15, -0.1) is 0 Å². The van der Waals surface area contributed by atoms with Crippen LogP contribution < -0.4 is 4.90 Å². The summed E-state index contributed by atoms with van der Waals surface area (Å²) in [7, 11) is 0. The lowest BCUT2D eigenvalue weighted by Gasteiger charge is -2.27. The van der Waals surface area contributed by atoms with Crippen molar-refractivity contribution in [2.45, 2.75) is 0 Å². The van der Waals surface area contributed by atoms with Crippen LogP contribution >= 0.6 is 0 Å². The number of nitrogens with zero attached hydrogens (tertiary/aromatic N) is 3. The van der Waals surface area contributed by atoms with Crippen LogP contribution in [-0.4, -0.2) is 9.13 Å². The molecule has 0 unspecified atom stereocenters. The van der Waals surface area contributed by atoms with Crippen molar-refractivity contribution < 1.29 is 4.42 Å². The van der Waals surface area contributed by atoms with Crippen molar-refractivity contribution in [1.29, 1.82) is 0 Å². The molecule has 0 N–H and O–H groups in total. The second-order valence-electron chi connectivity index (χ2n) is 17.7. The number of fused-ring (bicyclic) bond motifs is 10. The highest BCUT2D eigenvalue weighted by Crippen LogP contribution is 2.47. The van der Waals surface area contributed by atoms with Gasteiger partial charge in [-0.05, 0) is 112 Å². The molecular weight excluding hydrogens is 827 g/mol. The number of hydrogen-bond acceptors (Lipinski definition) is 2. The van der Waals surface area contributed by atoms with Gasteiger partial charge in [-0.3, -0.25) is 0 Å². The van der Waals surface area contributed by atoms with Gasteiger partial charge in [0, 0.05) is 60.6 Å². The van der Waals surface area contributed by atoms with Crippen LogP contribution in [0.15, 0.2) is 253 Å². The average Bonchev–Trinajstić information content (AvgIpc) is 4.07. The van der Waals surface area contributed by atoms with E-state index < -0.39 is 0 Å². The second-order valence-corrected chi connectivity index (χ2v) is 17.7. The molecule has 0 spiro atoms. The first-order valence-electron chi connectivity index (χ1n) is 23.3. The predicted molar refractivity (Wildman–Crippen MR) is 285 cm³/mol. The van der Waals surface area contributed by atoms with Crippen molar-refractivity contribution in [1.82, 2.24) is 9.13 Å². The normalized spacial score (nSPS) is 11.8. The summed E-state index contributed by atoms with van der Waals surface area (Å²) >= 11 is 0. The molecule has 0 atom stereocenters. The average molecular weight is 868 g/mol. The van der Waals surface area contributed by atoms with E-state index in [0.717, 1.165) is 67.1 Å². The maximum atomic E-state index is 7.00. The molecule has 0 aliphatic heterocycles. The molecule has 0 fully saturated rings. The van der Waals surface area contributed by atoms with E-state index >= 15 is 0 Å². The summed E-state index contributed by atoms with van der Waals surface area (Å²) in [5, 5.41) is 9.52. The van der Waals surface area contributed by atoms with Gasteiger partial charge in [0.1, 0.15) is 5.58 Å². The largest absolute Gasteiger partial charge is 0.454 e. The van der Waals surface area contributed by atoms with Crippen LogP contribution in [0.3, 0.4) is 0 Å². The molecule has 0 radical (unpaired) electrons. The summed E-state index contributed by atoms with van der Waals surface area (Å²) in [6, 6.07) is 89.9. The standard InChI is InChI=1S/C64H41N3O/c1-2-18-45(19-3-1)67-60-30-12-8-23-54(60)56-27-15-26-51(63(56)67)44-40-57-55-24-9-13-31-62(55)68-64(57)61(41-44)65(46-34-32-43(33-35-46)50-25-14-17-42-16-4-5-20-49(42)50)47-36-38-48(39-37-47)66-58-28-10-6-21-52(58)53-22-7-11-29-59(53)66/h1-41H. The van der Waals surface area contributed by atoms with Crippen molar-refractivity contribution in [3.05, 3.63) is 249 Å². The fraction of sp³-hybridized carbons (Fsp3) is 0. The SMILES string of the molecule is c1ccc(-n2c3ccccc3c3cccc(-c4cc(N(c5ccc(-c6cccc7ccccc67)cc5)c5ccc(-n6c7ccccc7c7ccccc76)cc5)c5oc6ccccc6c5c4)c32)cc1. The van der Waals surface area contributed by atoms with E-state index in [9.17, 15) is 0 Å². The lowest BCUT2D eigenvalue weighted by Crippen LogP contribution is -2.11. The Balaban J connectivity index is 1.02. The summed E-state index contributed by atoms with van der Waals surface area (Å²) in [4.78, 5) is 2.38. The van der Waals surface area contributed by atoms with Crippen molar-refractivity contribution >= 4 is 93.4 Å². The van der Waals surface area contributed by atoms with E-state index in [1.54, 1.807) is 0 Å². The van der Waals surface area contributed by atoms with Crippen LogP contribution in [0.1, 0.15) is 0 Å². The maximum Gasteiger partial charge on any atom is 0.159 e. The predicted octanol–water partition coefficient (Wildman–Crippen LogP) is 17.7. The first kappa shape index (κ1) is 38.2. The highest BCUT2D eigenvalue weighted by molar-refractivity contribution is 6.17. The van der Waals surface area contributed by atoms with Gasteiger partial charge in [0.25, 0.3) is 0 Å². The summed E-state index contributed by atoms with van der Waals surface area (Å²) in [5.74, 6) is 0. The lowest BCUT2D eigenvalue weighted by molar-refractivity contribution is 0.669. The topological polar surface area (TPSA) is 26.2 Å². The number of rotatable bonds is 7. The first-order chi connectivity index (χ1) is 33.7. The Hall–Kier alpha value is -9.12. The number of furan rings is 1. The summed E-state index contributed by atoms with van der Waals surface area (Å²) < 4.78 is 11.8. The van der Waals surface area contributed by atoms with E-state index in [1.165, 1.54) is 59.9 Å². The Morgan fingerprint density at radius 2 is 0.838 bits per heavy atom. The molecule has 14 rings (SSSR count). The lowest BCUT2D eigenvalue weighted by atomic mass is 9.97. The number of aromatic nitrogens is 2. The maximum absolute atomic E-state index is 7.00. The highest BCUT2D eigenvalue weighted by Gasteiger charge is 2.24. The van der Waals surface area contributed by atoms with E-state index in [0.29, 0.717) is 0 Å². The van der Waals surface area contributed by atoms with Gasteiger partial charge in [0.15, 0.2) is 5.58 Å². The van der Waals surface area contributed by atoms with Crippen LogP contribution in [0.4, 0.5) is 17.1 Å². The van der Waals surface area contributed by atoms with Crippen molar-refractivity contribution in [3.8, 4) is 33.6 Å². The van der Waals surface area contributed by atoms with Crippen molar-refractivity contribution in [2.24, 2.45) is 0 Å². The third-order valence-electron chi connectivity index (χ3n) is 13.9. The zero-order valence-electron chi connectivity index (χ0n) is 36.9. The van der Waals surface area contributed by atoms with E-state index in [2.05, 4.69) is 263 Å². The highest BCUT2D eigenvalue weighted by atomic mass is 16.3. The minimum absolute atomic E-state index is 0.829. The molecule has 318 valence electrons. The molecule has 3 aromatic heterocycles. The molecule has 0 aliphatic rings. The van der Waals surface area contributed by atoms with Gasteiger partial charge in [0.2, 0.25) is 0 Å². The molecule has 4 heteroatoms. The summed E-state index contributed by atoms with van der Waals surface area (Å²) in [6.07, 6.45) is 0. The van der Waals surface area contributed by atoms with Crippen molar-refractivity contribution in [3.63, 3.8) is 0 Å². The molecule has 0 saturated carbocycles. The Morgan fingerprint density at radius 1 is 0.324 bits per heavy atom. The molecule has 11 aromatic carbocycles. The third-order valence-corrected chi connectivity index (χ3v) is 13.9. The summed E-state index contributed by atoms with van der Waals surface area (Å²) in [5.41, 5.74) is 16.2. The Bertz CT molecular complexity index is 4190. The van der Waals surface area contributed by atoms with Crippen LogP contribution in [0.25, 0.3) is 110 Å². The fourth-order valence-electron chi connectivity index (χ4n) is 10.9. The molecule has 0 saturated heterocycles. The smallest absolute Gasteiger partial charge is 0.159 e. The van der Waals surface area contributed by atoms with Crippen LogP contribution in [0.2, 0.25) is 0 Å². The van der Waals surface area contributed by atoms with Crippen molar-refractivity contribution in [2.75, 3.05) is 4.90 Å².